The third-order valence-electron chi connectivity index (χ3n) is 3.37. The van der Waals surface area contributed by atoms with Crippen molar-refractivity contribution in [3.63, 3.8) is 0 Å². The summed E-state index contributed by atoms with van der Waals surface area (Å²) in [6, 6.07) is 15.6. The van der Waals surface area contributed by atoms with Gasteiger partial charge in [0.25, 0.3) is 5.91 Å². The lowest BCUT2D eigenvalue weighted by Crippen LogP contribution is -2.30. The highest BCUT2D eigenvalue weighted by molar-refractivity contribution is 7.98. The summed E-state index contributed by atoms with van der Waals surface area (Å²) in [5.74, 6) is 0.550. The van der Waals surface area contributed by atoms with Gasteiger partial charge in [0.15, 0.2) is 6.10 Å². The van der Waals surface area contributed by atoms with Gasteiger partial charge < -0.3 is 10.1 Å². The van der Waals surface area contributed by atoms with Crippen LogP contribution < -0.4 is 10.1 Å². The number of carbonyl (C=O) groups excluding carboxylic acids is 1. The molecule has 116 valence electrons. The van der Waals surface area contributed by atoms with Crippen molar-refractivity contribution >= 4 is 23.4 Å². The zero-order valence-corrected chi connectivity index (χ0v) is 13.9. The van der Waals surface area contributed by atoms with Crippen LogP contribution in [0.1, 0.15) is 19.4 Å². The Bertz CT molecular complexity index is 608. The Kier molecular flexibility index (Phi) is 5.90. The summed E-state index contributed by atoms with van der Waals surface area (Å²) in [6.45, 7) is 3.85. The fourth-order valence-corrected chi connectivity index (χ4v) is 2.39. The standard InChI is InChI=1S/C18H21NO2S/c1-4-14-5-9-16(10-6-14)21-13(2)18(20)19-15-7-11-17(22-3)12-8-15/h5-13H,4H2,1-3H3,(H,19,20). The normalized spacial score (nSPS) is 11.8. The number of ether oxygens (including phenoxy) is 1. The second-order valence-corrected chi connectivity index (χ2v) is 5.85. The molecule has 0 radical (unpaired) electrons. The minimum Gasteiger partial charge on any atom is -0.481 e. The van der Waals surface area contributed by atoms with Crippen molar-refractivity contribution in [2.75, 3.05) is 11.6 Å². The van der Waals surface area contributed by atoms with Crippen LogP contribution in [0, 0.1) is 0 Å². The van der Waals surface area contributed by atoms with Crippen molar-refractivity contribution in [1.29, 1.82) is 0 Å². The molecule has 0 aliphatic carbocycles. The largest absolute Gasteiger partial charge is 0.481 e. The Morgan fingerprint density at radius 2 is 1.77 bits per heavy atom. The average Bonchev–Trinajstić information content (AvgIpc) is 2.56. The minimum absolute atomic E-state index is 0.156. The lowest BCUT2D eigenvalue weighted by Gasteiger charge is -2.15. The highest BCUT2D eigenvalue weighted by Crippen LogP contribution is 2.18. The SMILES string of the molecule is CCc1ccc(OC(C)C(=O)Nc2ccc(SC)cc2)cc1. The van der Waals surface area contributed by atoms with Crippen LogP contribution in [0.15, 0.2) is 53.4 Å². The van der Waals surface area contributed by atoms with Gasteiger partial charge in [-0.15, -0.1) is 11.8 Å². The van der Waals surface area contributed by atoms with E-state index < -0.39 is 6.10 Å². The van der Waals surface area contributed by atoms with Crippen molar-refractivity contribution in [3.8, 4) is 5.75 Å². The van der Waals surface area contributed by atoms with Gasteiger partial charge in [-0.25, -0.2) is 0 Å². The monoisotopic (exact) mass is 315 g/mol. The molecule has 1 unspecified atom stereocenters. The summed E-state index contributed by atoms with van der Waals surface area (Å²) in [4.78, 5) is 13.3. The van der Waals surface area contributed by atoms with E-state index in [0.29, 0.717) is 5.75 Å². The number of nitrogens with one attached hydrogen (secondary N) is 1. The summed E-state index contributed by atoms with van der Waals surface area (Å²) in [5, 5.41) is 2.86. The number of rotatable bonds is 6. The van der Waals surface area contributed by atoms with E-state index in [1.54, 1.807) is 18.7 Å². The van der Waals surface area contributed by atoms with E-state index >= 15 is 0 Å². The lowest BCUT2D eigenvalue weighted by atomic mass is 10.2. The molecule has 0 fully saturated rings. The molecule has 0 saturated carbocycles. The van der Waals surface area contributed by atoms with Crippen molar-refractivity contribution in [2.45, 2.75) is 31.3 Å². The molecule has 1 amide bonds. The second-order valence-electron chi connectivity index (χ2n) is 4.98. The number of thioether (sulfide) groups is 1. The van der Waals surface area contributed by atoms with Gasteiger partial charge >= 0.3 is 0 Å². The first-order valence-electron chi connectivity index (χ1n) is 7.33. The van der Waals surface area contributed by atoms with Gasteiger partial charge in [0.05, 0.1) is 0 Å². The first-order valence-corrected chi connectivity index (χ1v) is 8.55. The summed E-state index contributed by atoms with van der Waals surface area (Å²) >= 11 is 1.67. The molecule has 2 rings (SSSR count). The van der Waals surface area contributed by atoms with Gasteiger partial charge in [0, 0.05) is 10.6 Å². The van der Waals surface area contributed by atoms with E-state index in [9.17, 15) is 4.79 Å². The maximum absolute atomic E-state index is 12.2. The van der Waals surface area contributed by atoms with E-state index in [1.165, 1.54) is 10.5 Å². The quantitative estimate of drug-likeness (QED) is 0.804. The van der Waals surface area contributed by atoms with E-state index in [2.05, 4.69) is 12.2 Å². The van der Waals surface area contributed by atoms with Crippen LogP contribution in [-0.2, 0) is 11.2 Å². The summed E-state index contributed by atoms with van der Waals surface area (Å²) in [7, 11) is 0. The molecule has 0 spiro atoms. The maximum Gasteiger partial charge on any atom is 0.265 e. The van der Waals surface area contributed by atoms with E-state index in [0.717, 1.165) is 12.1 Å². The molecular weight excluding hydrogens is 294 g/mol. The van der Waals surface area contributed by atoms with E-state index in [1.807, 2.05) is 54.8 Å². The molecule has 0 aliphatic heterocycles. The lowest BCUT2D eigenvalue weighted by molar-refractivity contribution is -0.122. The molecule has 3 nitrogen and oxygen atoms in total. The molecule has 4 heteroatoms. The number of benzene rings is 2. The Labute approximate surface area is 136 Å². The van der Waals surface area contributed by atoms with Gasteiger partial charge in [0.2, 0.25) is 0 Å². The summed E-state index contributed by atoms with van der Waals surface area (Å²) < 4.78 is 5.68. The van der Waals surface area contributed by atoms with Gasteiger partial charge in [0.1, 0.15) is 5.75 Å². The van der Waals surface area contributed by atoms with Crippen molar-refractivity contribution < 1.29 is 9.53 Å². The molecule has 2 aromatic rings. The Hall–Kier alpha value is -1.94. The van der Waals surface area contributed by atoms with Crippen LogP contribution >= 0.6 is 11.8 Å². The van der Waals surface area contributed by atoms with Crippen LogP contribution in [0.4, 0.5) is 5.69 Å². The number of anilines is 1. The summed E-state index contributed by atoms with van der Waals surface area (Å²) in [6.07, 6.45) is 2.46. The van der Waals surface area contributed by atoms with Crippen LogP contribution in [0.2, 0.25) is 0 Å². The predicted octanol–water partition coefficient (Wildman–Crippen LogP) is 4.38. The second kappa shape index (κ2) is 7.90. The van der Waals surface area contributed by atoms with Gasteiger partial charge in [-0.3, -0.25) is 4.79 Å². The maximum atomic E-state index is 12.2. The molecular formula is C18H21NO2S. The number of hydrogen-bond donors (Lipinski definition) is 1. The molecule has 2 aromatic carbocycles. The third kappa shape index (κ3) is 4.53. The number of aryl methyl sites for hydroxylation is 1. The molecule has 0 bridgehead atoms. The molecule has 22 heavy (non-hydrogen) atoms. The van der Waals surface area contributed by atoms with Crippen molar-refractivity contribution in [3.05, 3.63) is 54.1 Å². The van der Waals surface area contributed by atoms with Gasteiger partial charge in [-0.05, 0) is 61.6 Å². The topological polar surface area (TPSA) is 38.3 Å². The van der Waals surface area contributed by atoms with E-state index in [4.69, 9.17) is 4.74 Å². The third-order valence-corrected chi connectivity index (χ3v) is 4.11. The zero-order chi connectivity index (χ0) is 15.9. The van der Waals surface area contributed by atoms with Crippen LogP contribution in [0.3, 0.4) is 0 Å². The van der Waals surface area contributed by atoms with Crippen LogP contribution in [0.25, 0.3) is 0 Å². The Morgan fingerprint density at radius 1 is 1.14 bits per heavy atom. The van der Waals surface area contributed by atoms with Crippen LogP contribution in [0.5, 0.6) is 5.75 Å². The van der Waals surface area contributed by atoms with Gasteiger partial charge in [-0.2, -0.15) is 0 Å². The number of amides is 1. The predicted molar refractivity (Wildman–Crippen MR) is 92.8 cm³/mol. The number of carbonyl (C=O) groups is 1. The molecule has 0 saturated heterocycles. The Morgan fingerprint density at radius 3 is 2.32 bits per heavy atom. The fourth-order valence-electron chi connectivity index (χ4n) is 1.98. The molecule has 1 atom stereocenters. The first-order chi connectivity index (χ1) is 10.6. The fraction of sp³-hybridized carbons (Fsp3) is 0.278. The van der Waals surface area contributed by atoms with Crippen molar-refractivity contribution in [1.82, 2.24) is 0 Å². The smallest absolute Gasteiger partial charge is 0.265 e. The first kappa shape index (κ1) is 16.4. The highest BCUT2D eigenvalue weighted by atomic mass is 32.2. The molecule has 0 heterocycles. The minimum atomic E-state index is -0.548. The summed E-state index contributed by atoms with van der Waals surface area (Å²) in [5.41, 5.74) is 2.03. The molecule has 1 N–H and O–H groups in total. The van der Waals surface area contributed by atoms with Crippen LogP contribution in [-0.4, -0.2) is 18.3 Å². The Balaban J connectivity index is 1.92. The van der Waals surface area contributed by atoms with Crippen molar-refractivity contribution in [2.24, 2.45) is 0 Å². The zero-order valence-electron chi connectivity index (χ0n) is 13.1. The molecule has 0 aromatic heterocycles. The highest BCUT2D eigenvalue weighted by Gasteiger charge is 2.14. The van der Waals surface area contributed by atoms with E-state index in [-0.39, 0.29) is 5.91 Å². The molecule has 0 aliphatic rings. The average molecular weight is 315 g/mol. The number of hydrogen-bond acceptors (Lipinski definition) is 3. The van der Waals surface area contributed by atoms with Gasteiger partial charge in [-0.1, -0.05) is 19.1 Å².